The number of hydrogen-bond acceptors (Lipinski definition) is 0. The Labute approximate surface area is 32.6 Å². The predicted octanol–water partition coefficient (Wildman–Crippen LogP) is 1.06. The Kier molecular flexibility index (Phi) is 3.99. The topological polar surface area (TPSA) is 0 Å². The third-order valence-corrected chi connectivity index (χ3v) is 0.398. The van der Waals surface area contributed by atoms with Gasteiger partial charge >= 0.3 is 0 Å². The summed E-state index contributed by atoms with van der Waals surface area (Å²) in [6.45, 7) is 1.64. The van der Waals surface area contributed by atoms with E-state index < -0.39 is 0 Å². The summed E-state index contributed by atoms with van der Waals surface area (Å²) in [6.07, 6.45) is 0.844. The molecule has 0 aromatic heterocycles. The lowest BCUT2D eigenvalue weighted by atomic mass is 9.78. The average Bonchev–Trinajstić information content (AvgIpc) is 1.41. The molecule has 0 amide bonds. The molecule has 0 aromatic rings. The first kappa shape index (κ1) is 4.99. The Morgan fingerprint density at radius 2 is 2.40 bits per heavy atom. The van der Waals surface area contributed by atoms with Gasteiger partial charge in [-0.15, -0.1) is 0 Å². The van der Waals surface area contributed by atoms with Crippen LogP contribution in [0.15, 0.2) is 0 Å². The molecule has 0 atom stereocenters. The Morgan fingerprint density at radius 3 is 2.40 bits per heavy atom. The molecule has 0 spiro atoms. The monoisotopic (exact) mass is 73.1 g/mol. The van der Waals surface area contributed by atoms with Gasteiger partial charge in [0.2, 0.25) is 0 Å². The van der Waals surface area contributed by atoms with Gasteiger partial charge < -0.3 is 0 Å². The first-order valence-corrected chi connectivity index (χ1v) is 1.79. The average molecular weight is 72.9 g/mol. The van der Waals surface area contributed by atoms with Gasteiger partial charge in [0.15, 0.2) is 7.28 Å². The lowest BCUT2D eigenvalue weighted by molar-refractivity contribution is 0.593. The van der Waals surface area contributed by atoms with Crippen LogP contribution in [0.25, 0.3) is 0 Å². The standard InChI is InChI=1S/C3H7BF/c1-2-4-3-5/h2-3H2,1H3. The summed E-state index contributed by atoms with van der Waals surface area (Å²) in [7, 11) is 1.58. The SMILES string of the molecule is CC[B]CF. The molecule has 0 aromatic carbocycles. The minimum atomic E-state index is -0.281. The maximum absolute atomic E-state index is 10.9. The quantitative estimate of drug-likeness (QED) is 0.428. The zero-order chi connectivity index (χ0) is 4.12. The predicted molar refractivity (Wildman–Crippen MR) is 22.2 cm³/mol. The molecule has 0 heterocycles. The van der Waals surface area contributed by atoms with Crippen LogP contribution in [-0.2, 0) is 0 Å². The van der Waals surface area contributed by atoms with Gasteiger partial charge in [-0.1, -0.05) is 13.2 Å². The van der Waals surface area contributed by atoms with Gasteiger partial charge in [-0.05, 0) is 0 Å². The van der Waals surface area contributed by atoms with Crippen LogP contribution in [-0.4, -0.2) is 13.9 Å². The van der Waals surface area contributed by atoms with Crippen LogP contribution in [0.2, 0.25) is 6.32 Å². The van der Waals surface area contributed by atoms with Crippen molar-refractivity contribution in [3.05, 3.63) is 0 Å². The van der Waals surface area contributed by atoms with Crippen molar-refractivity contribution in [2.24, 2.45) is 0 Å². The molecule has 2 heteroatoms. The Morgan fingerprint density at radius 1 is 1.80 bits per heavy atom. The lowest BCUT2D eigenvalue weighted by Crippen LogP contribution is -1.85. The molecule has 0 saturated heterocycles. The maximum Gasteiger partial charge on any atom is 0.151 e. The van der Waals surface area contributed by atoms with Gasteiger partial charge in [0.25, 0.3) is 0 Å². The molecule has 5 heavy (non-hydrogen) atoms. The summed E-state index contributed by atoms with van der Waals surface area (Å²) in [5.41, 5.74) is 0. The molecule has 0 nitrogen and oxygen atoms in total. The van der Waals surface area contributed by atoms with E-state index in [0.29, 0.717) is 0 Å². The summed E-state index contributed by atoms with van der Waals surface area (Å²) < 4.78 is 10.9. The van der Waals surface area contributed by atoms with Crippen molar-refractivity contribution in [1.29, 1.82) is 0 Å². The maximum atomic E-state index is 10.9. The van der Waals surface area contributed by atoms with Crippen LogP contribution in [0.1, 0.15) is 6.92 Å². The summed E-state index contributed by atoms with van der Waals surface area (Å²) >= 11 is 0. The van der Waals surface area contributed by atoms with Crippen LogP contribution in [0.3, 0.4) is 0 Å². The zero-order valence-electron chi connectivity index (χ0n) is 3.37. The molecule has 1 radical (unpaired) electrons. The second-order valence-electron chi connectivity index (χ2n) is 0.851. The van der Waals surface area contributed by atoms with E-state index in [1.165, 1.54) is 0 Å². The summed E-state index contributed by atoms with van der Waals surface area (Å²) in [4.78, 5) is 0. The third-order valence-electron chi connectivity index (χ3n) is 0.398. The van der Waals surface area contributed by atoms with Gasteiger partial charge in [0.1, 0.15) is 0 Å². The van der Waals surface area contributed by atoms with Crippen molar-refractivity contribution < 1.29 is 4.39 Å². The highest BCUT2D eigenvalue weighted by atomic mass is 19.1. The van der Waals surface area contributed by atoms with E-state index >= 15 is 0 Å². The highest BCUT2D eigenvalue weighted by Gasteiger charge is 1.76. The molecule has 0 N–H and O–H groups in total. The van der Waals surface area contributed by atoms with E-state index in [2.05, 4.69) is 0 Å². The Balaban J connectivity index is 2.19. The van der Waals surface area contributed by atoms with Crippen molar-refractivity contribution in [3.8, 4) is 0 Å². The lowest BCUT2D eigenvalue weighted by Gasteiger charge is -1.72. The van der Waals surface area contributed by atoms with Crippen LogP contribution >= 0.6 is 0 Å². The largest absolute Gasteiger partial charge is 0.261 e. The fraction of sp³-hybridized carbons (Fsp3) is 1.00. The van der Waals surface area contributed by atoms with Crippen LogP contribution in [0, 0.1) is 0 Å². The fourth-order valence-corrected chi connectivity index (χ4v) is 0.109. The number of alkyl halides is 1. The van der Waals surface area contributed by atoms with Crippen LogP contribution < -0.4 is 0 Å². The molecule has 0 aliphatic rings. The number of hydrogen-bond donors (Lipinski definition) is 0. The van der Waals surface area contributed by atoms with Crippen molar-refractivity contribution in [1.82, 2.24) is 0 Å². The van der Waals surface area contributed by atoms with Gasteiger partial charge in [0, 0.05) is 0 Å². The Hall–Kier alpha value is -0.00506. The molecule has 0 aliphatic heterocycles. The van der Waals surface area contributed by atoms with Gasteiger partial charge in [-0.25, -0.2) is 0 Å². The molecular weight excluding hydrogens is 65.8 g/mol. The van der Waals surface area contributed by atoms with E-state index in [9.17, 15) is 4.39 Å². The summed E-state index contributed by atoms with van der Waals surface area (Å²) in [5.74, 6) is 0. The minimum Gasteiger partial charge on any atom is -0.261 e. The summed E-state index contributed by atoms with van der Waals surface area (Å²) in [6, 6.07) is 0. The second kappa shape index (κ2) is 3.99. The second-order valence-corrected chi connectivity index (χ2v) is 0.851. The van der Waals surface area contributed by atoms with E-state index in [0.717, 1.165) is 6.32 Å². The molecule has 0 aliphatic carbocycles. The number of rotatable bonds is 2. The van der Waals surface area contributed by atoms with Gasteiger partial charge in [-0.2, -0.15) is 0 Å². The molecule has 0 saturated carbocycles. The fourth-order valence-electron chi connectivity index (χ4n) is 0.109. The Bertz CT molecular complexity index is 14.4. The molecule has 0 rings (SSSR count). The van der Waals surface area contributed by atoms with Crippen molar-refractivity contribution in [2.45, 2.75) is 13.2 Å². The number of halogens is 1. The van der Waals surface area contributed by atoms with Crippen molar-refractivity contribution >= 4 is 7.28 Å². The molecule has 0 fully saturated rings. The highest BCUT2D eigenvalue weighted by molar-refractivity contribution is 6.34. The van der Waals surface area contributed by atoms with Crippen molar-refractivity contribution in [2.75, 3.05) is 6.57 Å². The van der Waals surface area contributed by atoms with Crippen LogP contribution in [0.4, 0.5) is 4.39 Å². The minimum absolute atomic E-state index is 0.281. The van der Waals surface area contributed by atoms with E-state index in [4.69, 9.17) is 0 Å². The third kappa shape index (κ3) is 3.99. The van der Waals surface area contributed by atoms with E-state index in [1.54, 1.807) is 7.28 Å². The highest BCUT2D eigenvalue weighted by Crippen LogP contribution is 1.70. The van der Waals surface area contributed by atoms with Crippen molar-refractivity contribution in [3.63, 3.8) is 0 Å². The van der Waals surface area contributed by atoms with Gasteiger partial charge in [0.05, 0.1) is 6.57 Å². The molecule has 0 unspecified atom stereocenters. The molecule has 0 bridgehead atoms. The smallest absolute Gasteiger partial charge is 0.151 e. The zero-order valence-corrected chi connectivity index (χ0v) is 3.37. The summed E-state index contributed by atoms with van der Waals surface area (Å²) in [5, 5.41) is 0. The molecular formula is C3H7BF. The first-order valence-electron chi connectivity index (χ1n) is 1.79. The van der Waals surface area contributed by atoms with E-state index in [-0.39, 0.29) is 6.57 Å². The van der Waals surface area contributed by atoms with Crippen LogP contribution in [0.5, 0.6) is 0 Å². The first-order chi connectivity index (χ1) is 2.41. The molecule has 29 valence electrons. The van der Waals surface area contributed by atoms with Gasteiger partial charge in [-0.3, -0.25) is 4.39 Å². The normalized spacial score (nSPS) is 7.60. The van der Waals surface area contributed by atoms with E-state index in [1.807, 2.05) is 6.92 Å².